The zero-order chi connectivity index (χ0) is 24.1. The number of carbonyl (C=O) groups is 2. The number of hydrogen-bond donors (Lipinski definition) is 1. The van der Waals surface area contributed by atoms with Crippen molar-refractivity contribution in [2.75, 3.05) is 13.2 Å². The summed E-state index contributed by atoms with van der Waals surface area (Å²) in [5, 5.41) is 11.2. The Morgan fingerprint density at radius 1 is 1.03 bits per heavy atom. The van der Waals surface area contributed by atoms with E-state index in [1.807, 2.05) is 67.6 Å². The lowest BCUT2D eigenvalue weighted by Crippen LogP contribution is -2.31. The molecule has 1 aliphatic rings. The molecular formula is C29H27NO4. The zero-order valence-corrected chi connectivity index (χ0v) is 19.1. The lowest BCUT2D eigenvalue weighted by atomic mass is 9.94. The number of likely N-dealkylation sites (tertiary alicyclic amines) is 1. The summed E-state index contributed by atoms with van der Waals surface area (Å²) in [7, 11) is 0. The first-order valence-electron chi connectivity index (χ1n) is 11.2. The molecule has 3 aromatic carbocycles. The van der Waals surface area contributed by atoms with E-state index in [1.165, 1.54) is 0 Å². The van der Waals surface area contributed by atoms with Crippen molar-refractivity contribution < 1.29 is 19.4 Å². The van der Waals surface area contributed by atoms with Gasteiger partial charge in [-0.15, -0.1) is 0 Å². The first kappa shape index (κ1) is 23.1. The van der Waals surface area contributed by atoms with Gasteiger partial charge in [0.1, 0.15) is 18.1 Å². The fourth-order valence-electron chi connectivity index (χ4n) is 4.15. The minimum atomic E-state index is -0.725. The van der Waals surface area contributed by atoms with Crippen molar-refractivity contribution in [3.63, 3.8) is 0 Å². The van der Waals surface area contributed by atoms with Gasteiger partial charge in [0.05, 0.1) is 11.6 Å². The highest BCUT2D eigenvalue weighted by Gasteiger charge is 2.45. The third-order valence-electron chi connectivity index (χ3n) is 5.89. The van der Waals surface area contributed by atoms with Gasteiger partial charge in [0.25, 0.3) is 11.7 Å². The van der Waals surface area contributed by atoms with Gasteiger partial charge < -0.3 is 14.7 Å². The van der Waals surface area contributed by atoms with Gasteiger partial charge in [-0.25, -0.2) is 0 Å². The van der Waals surface area contributed by atoms with Crippen molar-refractivity contribution in [1.29, 1.82) is 0 Å². The maximum Gasteiger partial charge on any atom is 0.295 e. The van der Waals surface area contributed by atoms with Gasteiger partial charge in [-0.2, -0.15) is 0 Å². The Bertz CT molecular complexity index is 1230. The van der Waals surface area contributed by atoms with Crippen LogP contribution in [-0.4, -0.2) is 34.8 Å². The summed E-state index contributed by atoms with van der Waals surface area (Å²) in [5.41, 5.74) is 3.37. The van der Waals surface area contributed by atoms with E-state index in [2.05, 4.69) is 6.58 Å². The molecular weight excluding hydrogens is 426 g/mol. The molecule has 1 amide bonds. The van der Waals surface area contributed by atoms with E-state index in [-0.39, 0.29) is 11.3 Å². The Balaban J connectivity index is 1.78. The van der Waals surface area contributed by atoms with Crippen LogP contribution in [0.1, 0.15) is 28.3 Å². The van der Waals surface area contributed by atoms with Crippen molar-refractivity contribution >= 4 is 17.4 Å². The summed E-state index contributed by atoms with van der Waals surface area (Å²) in [6, 6.07) is 23.6. The smallest absolute Gasteiger partial charge is 0.295 e. The number of amides is 1. The second kappa shape index (κ2) is 10.2. The number of carbonyl (C=O) groups excluding carboxylic acids is 2. The number of nitrogens with zero attached hydrogens (tertiary/aromatic N) is 1. The molecule has 5 nitrogen and oxygen atoms in total. The predicted octanol–water partition coefficient (Wildman–Crippen LogP) is 5.22. The standard InChI is InChI=1S/C29H27NO4/c1-3-18-34-24-11-7-10-23(19-24)26-25(27(31)22-14-12-20(2)13-15-22)28(32)29(33)30(26)17-16-21-8-5-4-6-9-21/h3-15,19,26,31H,1,16-18H2,2H3. The highest BCUT2D eigenvalue weighted by molar-refractivity contribution is 6.46. The Kier molecular flexibility index (Phi) is 6.93. The average molecular weight is 454 g/mol. The third kappa shape index (κ3) is 4.79. The van der Waals surface area contributed by atoms with E-state index in [9.17, 15) is 14.7 Å². The van der Waals surface area contributed by atoms with Crippen molar-refractivity contribution in [3.05, 3.63) is 119 Å². The molecule has 1 fully saturated rings. The highest BCUT2D eigenvalue weighted by Crippen LogP contribution is 2.40. The molecule has 1 atom stereocenters. The number of aliphatic hydroxyl groups is 1. The van der Waals surface area contributed by atoms with Gasteiger partial charge >= 0.3 is 0 Å². The van der Waals surface area contributed by atoms with Crippen LogP contribution in [-0.2, 0) is 16.0 Å². The van der Waals surface area contributed by atoms with Crippen LogP contribution in [0.15, 0.2) is 97.1 Å². The van der Waals surface area contributed by atoms with Crippen molar-refractivity contribution in [3.8, 4) is 5.75 Å². The Labute approximate surface area is 199 Å². The molecule has 172 valence electrons. The number of ether oxygens (including phenoxy) is 1. The first-order valence-corrected chi connectivity index (χ1v) is 11.2. The van der Waals surface area contributed by atoms with Gasteiger partial charge in [0.15, 0.2) is 0 Å². The highest BCUT2D eigenvalue weighted by atomic mass is 16.5. The van der Waals surface area contributed by atoms with Gasteiger partial charge in [-0.05, 0) is 36.6 Å². The number of aliphatic hydroxyl groups excluding tert-OH is 1. The summed E-state index contributed by atoms with van der Waals surface area (Å²) in [6.07, 6.45) is 2.23. The fraction of sp³-hybridized carbons (Fsp3) is 0.172. The number of ketones is 1. The molecule has 1 aliphatic heterocycles. The van der Waals surface area contributed by atoms with E-state index < -0.39 is 17.7 Å². The zero-order valence-electron chi connectivity index (χ0n) is 19.1. The number of hydrogen-bond acceptors (Lipinski definition) is 4. The summed E-state index contributed by atoms with van der Waals surface area (Å²) in [6.45, 7) is 6.29. The van der Waals surface area contributed by atoms with Crippen LogP contribution in [0.3, 0.4) is 0 Å². The minimum absolute atomic E-state index is 0.0859. The third-order valence-corrected chi connectivity index (χ3v) is 5.89. The van der Waals surface area contributed by atoms with Crippen molar-refractivity contribution in [1.82, 2.24) is 4.90 Å². The minimum Gasteiger partial charge on any atom is -0.507 e. The number of aryl methyl sites for hydroxylation is 1. The van der Waals surface area contributed by atoms with Gasteiger partial charge in [0.2, 0.25) is 0 Å². The molecule has 0 aromatic heterocycles. The topological polar surface area (TPSA) is 66.8 Å². The van der Waals surface area contributed by atoms with E-state index in [0.29, 0.717) is 36.4 Å². The summed E-state index contributed by atoms with van der Waals surface area (Å²) < 4.78 is 5.68. The second-order valence-electron chi connectivity index (χ2n) is 8.27. The van der Waals surface area contributed by atoms with Gasteiger partial charge in [0, 0.05) is 12.1 Å². The molecule has 1 saturated heterocycles. The average Bonchev–Trinajstić information content (AvgIpc) is 3.12. The van der Waals surface area contributed by atoms with Crippen LogP contribution < -0.4 is 4.74 Å². The monoisotopic (exact) mass is 453 g/mol. The van der Waals surface area contributed by atoms with E-state index in [1.54, 1.807) is 29.2 Å². The molecule has 34 heavy (non-hydrogen) atoms. The normalized spacial score (nSPS) is 17.1. The summed E-state index contributed by atoms with van der Waals surface area (Å²) in [5.74, 6) is -0.884. The lowest BCUT2D eigenvalue weighted by Gasteiger charge is -2.25. The number of benzene rings is 3. The maximum atomic E-state index is 13.2. The van der Waals surface area contributed by atoms with Crippen LogP contribution >= 0.6 is 0 Å². The van der Waals surface area contributed by atoms with E-state index in [4.69, 9.17) is 4.74 Å². The van der Waals surface area contributed by atoms with E-state index >= 15 is 0 Å². The quantitative estimate of drug-likeness (QED) is 0.220. The largest absolute Gasteiger partial charge is 0.507 e. The van der Waals surface area contributed by atoms with Crippen LogP contribution in [0.5, 0.6) is 5.75 Å². The number of Topliss-reactive ketones (excluding diaryl/α,β-unsaturated/α-hetero) is 1. The first-order chi connectivity index (χ1) is 16.5. The summed E-state index contributed by atoms with van der Waals surface area (Å²) in [4.78, 5) is 27.9. The summed E-state index contributed by atoms with van der Waals surface area (Å²) >= 11 is 0. The van der Waals surface area contributed by atoms with Crippen LogP contribution in [0.2, 0.25) is 0 Å². The Morgan fingerprint density at radius 2 is 1.76 bits per heavy atom. The predicted molar refractivity (Wildman–Crippen MR) is 132 cm³/mol. The lowest BCUT2D eigenvalue weighted by molar-refractivity contribution is -0.139. The van der Waals surface area contributed by atoms with Gasteiger partial charge in [-0.1, -0.05) is 84.9 Å². The molecule has 1 N–H and O–H groups in total. The number of rotatable bonds is 8. The molecule has 0 aliphatic carbocycles. The maximum absolute atomic E-state index is 13.2. The molecule has 0 bridgehead atoms. The fourth-order valence-corrected chi connectivity index (χ4v) is 4.15. The molecule has 0 spiro atoms. The molecule has 5 heteroatoms. The van der Waals surface area contributed by atoms with Gasteiger partial charge in [-0.3, -0.25) is 9.59 Å². The molecule has 3 aromatic rings. The van der Waals surface area contributed by atoms with Crippen LogP contribution in [0.4, 0.5) is 0 Å². The molecule has 0 saturated carbocycles. The van der Waals surface area contributed by atoms with Crippen molar-refractivity contribution in [2.45, 2.75) is 19.4 Å². The molecule has 1 heterocycles. The van der Waals surface area contributed by atoms with Crippen LogP contribution in [0, 0.1) is 6.92 Å². The molecule has 0 radical (unpaired) electrons. The van der Waals surface area contributed by atoms with Crippen LogP contribution in [0.25, 0.3) is 5.76 Å². The SMILES string of the molecule is C=CCOc1cccc(C2C(=C(O)c3ccc(C)cc3)C(=O)C(=O)N2CCc2ccccc2)c1. The Hall–Kier alpha value is -4.12. The second-order valence-corrected chi connectivity index (χ2v) is 8.27. The molecule has 4 rings (SSSR count). The van der Waals surface area contributed by atoms with Crippen molar-refractivity contribution in [2.24, 2.45) is 0 Å². The van der Waals surface area contributed by atoms with E-state index in [0.717, 1.165) is 11.1 Å². The molecule has 1 unspecified atom stereocenters. The Morgan fingerprint density at radius 3 is 2.47 bits per heavy atom.